The van der Waals surface area contributed by atoms with Crippen LogP contribution in [0.15, 0.2) is 24.3 Å². The zero-order chi connectivity index (χ0) is 16.9. The largest absolute Gasteiger partial charge is 0.458 e. The number of unbranched alkanes of at least 4 members (excludes halogenated alkanes) is 5. The van der Waals surface area contributed by atoms with Crippen LogP contribution in [0.5, 0.6) is 0 Å². The highest BCUT2D eigenvalue weighted by Gasteiger charge is 2.27. The molecule has 1 aliphatic rings. The molecule has 0 N–H and O–H groups in total. The van der Waals surface area contributed by atoms with E-state index >= 15 is 0 Å². The Hall–Kier alpha value is -1.38. The first-order valence-electron chi connectivity index (χ1n) is 9.14. The molecule has 0 bridgehead atoms. The molecular weight excluding hydrogens is 288 g/mol. The van der Waals surface area contributed by atoms with E-state index in [1.165, 1.54) is 39.0 Å². The Bertz CT molecular complexity index is 398. The van der Waals surface area contributed by atoms with E-state index in [2.05, 4.69) is 13.0 Å². The molecule has 1 unspecified atom stereocenters. The number of ether oxygens (including phenoxy) is 1. The van der Waals surface area contributed by atoms with Crippen molar-refractivity contribution >= 4 is 12.3 Å². The van der Waals surface area contributed by atoms with E-state index in [0.29, 0.717) is 5.92 Å². The van der Waals surface area contributed by atoms with Crippen LogP contribution in [-0.2, 0) is 14.3 Å². The van der Waals surface area contributed by atoms with Crippen molar-refractivity contribution in [3.63, 3.8) is 0 Å². The minimum Gasteiger partial charge on any atom is -0.458 e. The third-order valence-electron chi connectivity index (χ3n) is 4.51. The lowest BCUT2D eigenvalue weighted by molar-refractivity contribution is -0.144. The molecule has 130 valence electrons. The Labute approximate surface area is 141 Å². The van der Waals surface area contributed by atoms with Crippen LogP contribution in [0.1, 0.15) is 71.6 Å². The third kappa shape index (κ3) is 8.73. The Morgan fingerprint density at radius 3 is 2.39 bits per heavy atom. The van der Waals surface area contributed by atoms with Crippen molar-refractivity contribution in [1.82, 2.24) is 0 Å². The molecule has 0 aromatic carbocycles. The van der Waals surface area contributed by atoms with Crippen molar-refractivity contribution in [2.24, 2.45) is 11.8 Å². The molecule has 0 aromatic heterocycles. The van der Waals surface area contributed by atoms with Gasteiger partial charge in [0.1, 0.15) is 12.4 Å². The predicted molar refractivity (Wildman–Crippen MR) is 94.1 cm³/mol. The molecular formula is C20H32O3. The van der Waals surface area contributed by atoms with Crippen molar-refractivity contribution in [1.29, 1.82) is 0 Å². The summed E-state index contributed by atoms with van der Waals surface area (Å²) in [7, 11) is 0. The first kappa shape index (κ1) is 19.7. The number of aldehydes is 1. The van der Waals surface area contributed by atoms with Crippen molar-refractivity contribution in [2.45, 2.75) is 77.7 Å². The van der Waals surface area contributed by atoms with Crippen molar-refractivity contribution in [2.75, 3.05) is 0 Å². The summed E-state index contributed by atoms with van der Waals surface area (Å²) in [5.74, 6) is 0.365. The van der Waals surface area contributed by atoms with Gasteiger partial charge in [-0.05, 0) is 37.7 Å². The number of carbonyl (C=O) groups excluding carboxylic acids is 2. The topological polar surface area (TPSA) is 43.4 Å². The second-order valence-electron chi connectivity index (χ2n) is 6.52. The monoisotopic (exact) mass is 320 g/mol. The molecule has 1 rings (SSSR count). The standard InChI is InChI=1S/C20H32O3/c1-3-4-5-6-7-8-12-20(23-17(2)22)13-10-9-11-18-14-15-19(18)16-21/h9-11,13,16,18-20H,3-8,12,14-15H2,1-2H3/b11-9+,13-10+/t18-,19-,20?/m0/s1. The molecule has 1 fully saturated rings. The second kappa shape index (κ2) is 12.1. The fourth-order valence-corrected chi connectivity index (χ4v) is 2.89. The summed E-state index contributed by atoms with van der Waals surface area (Å²) in [6.07, 6.45) is 19.3. The fourth-order valence-electron chi connectivity index (χ4n) is 2.89. The Morgan fingerprint density at radius 1 is 1.09 bits per heavy atom. The van der Waals surface area contributed by atoms with Gasteiger partial charge in [-0.25, -0.2) is 0 Å². The number of esters is 1. The summed E-state index contributed by atoms with van der Waals surface area (Å²) in [4.78, 5) is 22.0. The smallest absolute Gasteiger partial charge is 0.303 e. The normalized spacial score (nSPS) is 22.2. The maximum atomic E-state index is 11.2. The highest BCUT2D eigenvalue weighted by Crippen LogP contribution is 2.33. The SMILES string of the molecule is CCCCCCCCC(/C=C/C=C/[C@H]1CC[C@H]1C=O)OC(C)=O. The minimum atomic E-state index is -0.227. The molecule has 0 saturated heterocycles. The van der Waals surface area contributed by atoms with Gasteiger partial charge in [0.2, 0.25) is 0 Å². The van der Waals surface area contributed by atoms with Gasteiger partial charge in [0.15, 0.2) is 0 Å². The van der Waals surface area contributed by atoms with E-state index in [-0.39, 0.29) is 18.0 Å². The maximum absolute atomic E-state index is 11.2. The number of hydrogen-bond acceptors (Lipinski definition) is 3. The molecule has 3 heteroatoms. The van der Waals surface area contributed by atoms with Crippen molar-refractivity contribution < 1.29 is 14.3 Å². The molecule has 0 radical (unpaired) electrons. The van der Waals surface area contributed by atoms with Crippen LogP contribution in [0.3, 0.4) is 0 Å². The predicted octanol–water partition coefficient (Wildman–Crippen LogP) is 5.01. The van der Waals surface area contributed by atoms with Crippen LogP contribution in [0, 0.1) is 11.8 Å². The van der Waals surface area contributed by atoms with E-state index in [1.54, 1.807) is 0 Å². The van der Waals surface area contributed by atoms with Crippen molar-refractivity contribution in [3.8, 4) is 0 Å². The molecule has 3 nitrogen and oxygen atoms in total. The summed E-state index contributed by atoms with van der Waals surface area (Å²) < 4.78 is 5.35. The van der Waals surface area contributed by atoms with Gasteiger partial charge in [-0.1, -0.05) is 57.3 Å². The first-order chi connectivity index (χ1) is 11.2. The average Bonchev–Trinajstić information content (AvgIpc) is 2.49. The van der Waals surface area contributed by atoms with Gasteiger partial charge in [-0.15, -0.1) is 0 Å². The minimum absolute atomic E-state index is 0.133. The van der Waals surface area contributed by atoms with E-state index in [4.69, 9.17) is 4.74 Å². The highest BCUT2D eigenvalue weighted by atomic mass is 16.5. The molecule has 0 amide bonds. The molecule has 23 heavy (non-hydrogen) atoms. The van der Waals surface area contributed by atoms with Crippen LogP contribution in [-0.4, -0.2) is 18.4 Å². The number of carbonyl (C=O) groups is 2. The van der Waals surface area contributed by atoms with Crippen LogP contribution >= 0.6 is 0 Å². The Kier molecular flexibility index (Phi) is 10.3. The number of rotatable bonds is 12. The number of hydrogen-bond donors (Lipinski definition) is 0. The number of allylic oxidation sites excluding steroid dienone is 3. The molecule has 1 aliphatic carbocycles. The highest BCUT2D eigenvalue weighted by molar-refractivity contribution is 5.66. The summed E-state index contributed by atoms with van der Waals surface area (Å²) >= 11 is 0. The summed E-state index contributed by atoms with van der Waals surface area (Å²) in [5.41, 5.74) is 0. The van der Waals surface area contributed by atoms with Gasteiger partial charge in [-0.3, -0.25) is 4.79 Å². The second-order valence-corrected chi connectivity index (χ2v) is 6.52. The average molecular weight is 320 g/mol. The van der Waals surface area contributed by atoms with E-state index in [9.17, 15) is 9.59 Å². The quantitative estimate of drug-likeness (QED) is 0.220. The van der Waals surface area contributed by atoms with Gasteiger partial charge in [0, 0.05) is 12.8 Å². The molecule has 1 saturated carbocycles. The zero-order valence-corrected chi connectivity index (χ0v) is 14.7. The lowest BCUT2D eigenvalue weighted by atomic mass is 9.74. The summed E-state index contributed by atoms with van der Waals surface area (Å²) in [5, 5.41) is 0. The van der Waals surface area contributed by atoms with Gasteiger partial charge < -0.3 is 9.53 Å². The van der Waals surface area contributed by atoms with Gasteiger partial charge >= 0.3 is 5.97 Å². The van der Waals surface area contributed by atoms with Crippen LogP contribution < -0.4 is 0 Å². The summed E-state index contributed by atoms with van der Waals surface area (Å²) in [6.45, 7) is 3.68. The van der Waals surface area contributed by atoms with E-state index < -0.39 is 0 Å². The van der Waals surface area contributed by atoms with Crippen molar-refractivity contribution in [3.05, 3.63) is 24.3 Å². The van der Waals surface area contributed by atoms with E-state index in [0.717, 1.165) is 32.0 Å². The van der Waals surface area contributed by atoms with Crippen LogP contribution in [0.25, 0.3) is 0 Å². The Balaban J connectivity index is 2.29. The van der Waals surface area contributed by atoms with Gasteiger partial charge in [-0.2, -0.15) is 0 Å². The maximum Gasteiger partial charge on any atom is 0.303 e. The van der Waals surface area contributed by atoms with Crippen LogP contribution in [0.2, 0.25) is 0 Å². The van der Waals surface area contributed by atoms with Gasteiger partial charge in [0.25, 0.3) is 0 Å². The third-order valence-corrected chi connectivity index (χ3v) is 4.51. The van der Waals surface area contributed by atoms with Crippen LogP contribution in [0.4, 0.5) is 0 Å². The molecule has 0 aromatic rings. The molecule has 3 atom stereocenters. The lowest BCUT2D eigenvalue weighted by Gasteiger charge is -2.29. The van der Waals surface area contributed by atoms with Gasteiger partial charge in [0.05, 0.1) is 0 Å². The summed E-state index contributed by atoms with van der Waals surface area (Å²) in [6, 6.07) is 0. The molecule has 0 aliphatic heterocycles. The Morgan fingerprint density at radius 2 is 1.78 bits per heavy atom. The lowest BCUT2D eigenvalue weighted by Crippen LogP contribution is -2.24. The zero-order valence-electron chi connectivity index (χ0n) is 14.7. The molecule has 0 heterocycles. The van der Waals surface area contributed by atoms with E-state index in [1.807, 2.05) is 18.2 Å². The first-order valence-corrected chi connectivity index (χ1v) is 9.14. The fraction of sp³-hybridized carbons (Fsp3) is 0.700. The molecule has 0 spiro atoms.